The summed E-state index contributed by atoms with van der Waals surface area (Å²) in [5.74, 6) is 0.818. The van der Waals surface area contributed by atoms with E-state index < -0.39 is 0 Å². The molecule has 0 N–H and O–H groups in total. The van der Waals surface area contributed by atoms with Crippen molar-refractivity contribution in [3.05, 3.63) is 65.2 Å². The molecule has 1 aliphatic heterocycles. The largest absolute Gasteiger partial charge is 0.496 e. The minimum atomic E-state index is -0.350. The van der Waals surface area contributed by atoms with Gasteiger partial charge in [-0.05, 0) is 36.8 Å². The average molecular weight is 351 g/mol. The van der Waals surface area contributed by atoms with Gasteiger partial charge >= 0.3 is 0 Å². The zero-order chi connectivity index (χ0) is 18.7. The van der Waals surface area contributed by atoms with Gasteiger partial charge in [0.1, 0.15) is 11.5 Å². The molecule has 2 aromatic carbocycles. The molecule has 2 aromatic rings. The lowest BCUT2D eigenvalue weighted by molar-refractivity contribution is 0.0612. The lowest BCUT2D eigenvalue weighted by atomic mass is 10.1. The third-order valence-electron chi connectivity index (χ3n) is 4.53. The number of fused-ring (bicyclic) bond motifs is 1. The zero-order valence-corrected chi connectivity index (χ0v) is 15.1. The molecule has 0 spiro atoms. The fourth-order valence-corrected chi connectivity index (χ4v) is 3.17. The van der Waals surface area contributed by atoms with Crippen molar-refractivity contribution in [2.45, 2.75) is 19.4 Å². The van der Waals surface area contributed by atoms with Crippen LogP contribution in [0, 0.1) is 0 Å². The van der Waals surface area contributed by atoms with Gasteiger partial charge in [0.25, 0.3) is 11.8 Å². The molecule has 26 heavy (non-hydrogen) atoms. The van der Waals surface area contributed by atoms with Gasteiger partial charge < -0.3 is 9.47 Å². The molecule has 1 unspecified atom stereocenters. The summed E-state index contributed by atoms with van der Waals surface area (Å²) in [7, 11) is 3.18. The predicted octanol–water partition coefficient (Wildman–Crippen LogP) is 3.79. The van der Waals surface area contributed by atoms with Crippen LogP contribution in [0.4, 0.5) is 0 Å². The topological polar surface area (TPSA) is 55.8 Å². The van der Waals surface area contributed by atoms with Gasteiger partial charge in [-0.1, -0.05) is 31.2 Å². The molecule has 5 nitrogen and oxygen atoms in total. The number of methoxy groups -OCH3 is 2. The van der Waals surface area contributed by atoms with Crippen molar-refractivity contribution < 1.29 is 19.1 Å². The van der Waals surface area contributed by atoms with Gasteiger partial charge in [-0.3, -0.25) is 14.5 Å². The summed E-state index contributed by atoms with van der Waals surface area (Å²) >= 11 is 0. The van der Waals surface area contributed by atoms with E-state index in [1.807, 2.05) is 37.3 Å². The fourth-order valence-electron chi connectivity index (χ4n) is 3.17. The van der Waals surface area contributed by atoms with Crippen LogP contribution in [0.5, 0.6) is 11.5 Å². The van der Waals surface area contributed by atoms with E-state index in [2.05, 4.69) is 0 Å². The quantitative estimate of drug-likeness (QED) is 0.743. The number of benzene rings is 2. The molecule has 0 saturated heterocycles. The molecule has 3 rings (SSSR count). The Labute approximate surface area is 152 Å². The Kier molecular flexibility index (Phi) is 5.07. The second-order valence-electron chi connectivity index (χ2n) is 5.94. The fraction of sp³-hybridized carbons (Fsp3) is 0.238. The molecule has 1 atom stereocenters. The second kappa shape index (κ2) is 7.44. The molecule has 0 fully saturated rings. The monoisotopic (exact) mass is 351 g/mol. The first-order chi connectivity index (χ1) is 12.6. The van der Waals surface area contributed by atoms with E-state index in [0.717, 1.165) is 5.56 Å². The molecule has 1 heterocycles. The number of amides is 2. The van der Waals surface area contributed by atoms with Gasteiger partial charge in [0.2, 0.25) is 0 Å². The van der Waals surface area contributed by atoms with Crippen molar-refractivity contribution in [3.63, 3.8) is 0 Å². The summed E-state index contributed by atoms with van der Waals surface area (Å²) in [5.41, 5.74) is 1.69. The first-order valence-corrected chi connectivity index (χ1v) is 8.48. The van der Waals surface area contributed by atoms with E-state index in [0.29, 0.717) is 29.0 Å². The lowest BCUT2D eigenvalue weighted by Gasteiger charge is -2.22. The Morgan fingerprint density at radius 2 is 1.46 bits per heavy atom. The van der Waals surface area contributed by atoms with Crippen LogP contribution >= 0.6 is 0 Å². The van der Waals surface area contributed by atoms with Crippen molar-refractivity contribution in [2.75, 3.05) is 14.2 Å². The average Bonchev–Trinajstić information content (AvgIpc) is 2.93. The molecule has 0 bridgehead atoms. The molecule has 134 valence electrons. The number of hydrogen-bond acceptors (Lipinski definition) is 4. The first kappa shape index (κ1) is 17.7. The third kappa shape index (κ3) is 2.96. The molecule has 5 heteroatoms. The van der Waals surface area contributed by atoms with Gasteiger partial charge in [0.15, 0.2) is 0 Å². The smallest absolute Gasteiger partial charge is 0.262 e. The van der Waals surface area contributed by atoms with E-state index >= 15 is 0 Å². The van der Waals surface area contributed by atoms with Gasteiger partial charge in [0, 0.05) is 0 Å². The normalized spacial score (nSPS) is 14.7. The Hall–Kier alpha value is -3.08. The van der Waals surface area contributed by atoms with E-state index in [4.69, 9.17) is 9.47 Å². The van der Waals surface area contributed by atoms with Crippen LogP contribution in [0.2, 0.25) is 0 Å². The van der Waals surface area contributed by atoms with Crippen LogP contribution in [0.1, 0.15) is 39.6 Å². The summed E-state index contributed by atoms with van der Waals surface area (Å²) in [6.45, 7) is 1.94. The number of carbonyl (C=O) groups is 2. The summed E-state index contributed by atoms with van der Waals surface area (Å²) < 4.78 is 10.8. The summed E-state index contributed by atoms with van der Waals surface area (Å²) in [6, 6.07) is 12.1. The maximum Gasteiger partial charge on any atom is 0.262 e. The summed E-state index contributed by atoms with van der Waals surface area (Å²) in [6.07, 6.45) is 4.30. The highest BCUT2D eigenvalue weighted by Crippen LogP contribution is 2.31. The van der Waals surface area contributed by atoms with E-state index in [9.17, 15) is 9.59 Å². The van der Waals surface area contributed by atoms with E-state index in [-0.39, 0.29) is 17.9 Å². The molecule has 0 radical (unpaired) electrons. The van der Waals surface area contributed by atoms with Crippen LogP contribution in [-0.4, -0.2) is 37.0 Å². The molecule has 2 amide bonds. The van der Waals surface area contributed by atoms with Crippen molar-refractivity contribution in [1.29, 1.82) is 0 Å². The molecular weight excluding hydrogens is 330 g/mol. The Morgan fingerprint density at radius 1 is 0.923 bits per heavy atom. The molecule has 0 aromatic heterocycles. The highest BCUT2D eigenvalue weighted by atomic mass is 16.5. The number of carbonyl (C=O) groups excluding carboxylic acids is 2. The molecular formula is C21H21NO4. The Balaban J connectivity index is 1.94. The lowest BCUT2D eigenvalue weighted by Crippen LogP contribution is -2.38. The SMILES string of the molecule is CCC(/C=C/c1c(OC)cccc1OC)N1C(=O)c2ccccc2C1=O. The van der Waals surface area contributed by atoms with Gasteiger partial charge in [0.05, 0.1) is 37.0 Å². The van der Waals surface area contributed by atoms with Crippen LogP contribution in [0.15, 0.2) is 48.5 Å². The Morgan fingerprint density at radius 3 is 1.92 bits per heavy atom. The van der Waals surface area contributed by atoms with Crippen LogP contribution in [0.25, 0.3) is 6.08 Å². The maximum absolute atomic E-state index is 12.7. The number of ether oxygens (including phenoxy) is 2. The predicted molar refractivity (Wildman–Crippen MR) is 99.6 cm³/mol. The minimum absolute atomic E-state index is 0.255. The third-order valence-corrected chi connectivity index (χ3v) is 4.53. The standard InChI is InChI=1S/C21H21NO4/c1-4-14(12-13-17-18(25-2)10-7-11-19(17)26-3)22-20(23)15-8-5-6-9-16(15)21(22)24/h5-14H,4H2,1-3H3/b13-12+. The summed E-state index contributed by atoms with van der Waals surface area (Å²) in [5, 5.41) is 0. The highest BCUT2D eigenvalue weighted by Gasteiger charge is 2.38. The van der Waals surface area contributed by atoms with Crippen LogP contribution in [-0.2, 0) is 0 Å². The van der Waals surface area contributed by atoms with Gasteiger partial charge in [-0.25, -0.2) is 0 Å². The zero-order valence-electron chi connectivity index (χ0n) is 15.1. The number of rotatable bonds is 6. The molecule has 0 aliphatic carbocycles. The van der Waals surface area contributed by atoms with Gasteiger partial charge in [-0.15, -0.1) is 0 Å². The second-order valence-corrected chi connectivity index (χ2v) is 5.94. The summed E-state index contributed by atoms with van der Waals surface area (Å²) in [4.78, 5) is 26.7. The van der Waals surface area contributed by atoms with Crippen molar-refractivity contribution >= 4 is 17.9 Å². The number of nitrogens with zero attached hydrogens (tertiary/aromatic N) is 1. The number of hydrogen-bond donors (Lipinski definition) is 0. The van der Waals surface area contributed by atoms with E-state index in [1.165, 1.54) is 4.90 Å². The van der Waals surface area contributed by atoms with Crippen LogP contribution < -0.4 is 9.47 Å². The van der Waals surface area contributed by atoms with Gasteiger partial charge in [-0.2, -0.15) is 0 Å². The molecule has 1 aliphatic rings. The van der Waals surface area contributed by atoms with E-state index in [1.54, 1.807) is 38.5 Å². The highest BCUT2D eigenvalue weighted by molar-refractivity contribution is 6.21. The minimum Gasteiger partial charge on any atom is -0.496 e. The number of imide groups is 1. The van der Waals surface area contributed by atoms with Crippen molar-refractivity contribution in [2.24, 2.45) is 0 Å². The maximum atomic E-state index is 12.7. The Bertz CT molecular complexity index is 815. The van der Waals surface area contributed by atoms with Crippen molar-refractivity contribution in [3.8, 4) is 11.5 Å². The first-order valence-electron chi connectivity index (χ1n) is 8.48. The van der Waals surface area contributed by atoms with Crippen molar-refractivity contribution in [1.82, 2.24) is 4.90 Å². The van der Waals surface area contributed by atoms with Crippen LogP contribution in [0.3, 0.4) is 0 Å². The molecule has 0 saturated carbocycles.